The lowest BCUT2D eigenvalue weighted by atomic mass is 10.3. The highest BCUT2D eigenvalue weighted by Gasteiger charge is 2.14. The molecule has 92 valence electrons. The number of carbonyl (C=O) groups is 2. The number of carboxylic acid groups (broad SMARTS) is 1. The number of aliphatic carboxylic acids is 1. The van der Waals surface area contributed by atoms with Crippen LogP contribution in [0.25, 0.3) is 0 Å². The molecule has 0 heterocycles. The van der Waals surface area contributed by atoms with E-state index in [1.807, 2.05) is 12.1 Å². The Morgan fingerprint density at radius 3 is 2.59 bits per heavy atom. The van der Waals surface area contributed by atoms with Gasteiger partial charge in [0.25, 0.3) is 0 Å². The highest BCUT2D eigenvalue weighted by Crippen LogP contribution is 2.16. The van der Waals surface area contributed by atoms with E-state index in [4.69, 9.17) is 10.2 Å². The van der Waals surface area contributed by atoms with Gasteiger partial charge in [0.1, 0.15) is 0 Å². The fraction of sp³-hybridized carbons (Fsp3) is 0.200. The first-order valence-corrected chi connectivity index (χ1v) is 5.79. The summed E-state index contributed by atoms with van der Waals surface area (Å²) in [4.78, 5) is 21.7. The number of benzene rings is 1. The Balaban J connectivity index is 2.46. The number of carbonyl (C=O) groups excluding carboxylic acids is 1. The average molecular weight is 350 g/mol. The van der Waals surface area contributed by atoms with Crippen molar-refractivity contribution in [3.05, 3.63) is 27.8 Å². The summed E-state index contributed by atoms with van der Waals surface area (Å²) in [5, 5.41) is 22.2. The van der Waals surface area contributed by atoms with Crippen LogP contribution in [0.1, 0.15) is 0 Å². The topological polar surface area (TPSA) is 98.7 Å². The lowest BCUT2D eigenvalue weighted by Crippen LogP contribution is -2.38. The summed E-state index contributed by atoms with van der Waals surface area (Å²) in [5.41, 5.74) is 0.621. The minimum absolute atomic E-state index is 0.343. The zero-order valence-corrected chi connectivity index (χ0v) is 10.8. The van der Waals surface area contributed by atoms with Crippen LogP contribution in [0, 0.1) is 3.57 Å². The van der Waals surface area contributed by atoms with Crippen molar-refractivity contribution in [2.75, 3.05) is 11.9 Å². The summed E-state index contributed by atoms with van der Waals surface area (Å²) in [6, 6.07) is 6.58. The Kier molecular flexibility index (Phi) is 5.16. The predicted molar refractivity (Wildman–Crippen MR) is 69.8 cm³/mol. The van der Waals surface area contributed by atoms with Crippen molar-refractivity contribution in [2.45, 2.75) is 6.10 Å². The van der Waals surface area contributed by atoms with Crippen molar-refractivity contribution < 1.29 is 19.8 Å². The van der Waals surface area contributed by atoms with Crippen LogP contribution < -0.4 is 10.6 Å². The van der Waals surface area contributed by atoms with Gasteiger partial charge in [-0.1, -0.05) is 12.1 Å². The van der Waals surface area contributed by atoms with Crippen LogP contribution in [0.2, 0.25) is 0 Å². The van der Waals surface area contributed by atoms with Gasteiger partial charge in [0.2, 0.25) is 0 Å². The Labute approximate surface area is 111 Å². The number of rotatable bonds is 4. The second-order valence-electron chi connectivity index (χ2n) is 3.17. The van der Waals surface area contributed by atoms with Crippen molar-refractivity contribution in [3.8, 4) is 0 Å². The van der Waals surface area contributed by atoms with E-state index in [2.05, 4.69) is 33.2 Å². The molecule has 0 saturated carbocycles. The fourth-order valence-electron chi connectivity index (χ4n) is 1.01. The second kappa shape index (κ2) is 6.40. The highest BCUT2D eigenvalue weighted by molar-refractivity contribution is 14.1. The van der Waals surface area contributed by atoms with Gasteiger partial charge in [0, 0.05) is 3.57 Å². The van der Waals surface area contributed by atoms with Crippen molar-refractivity contribution in [2.24, 2.45) is 0 Å². The normalized spacial score (nSPS) is 11.6. The van der Waals surface area contributed by atoms with E-state index in [-0.39, 0.29) is 6.54 Å². The number of anilines is 1. The zero-order valence-electron chi connectivity index (χ0n) is 8.68. The van der Waals surface area contributed by atoms with E-state index in [1.54, 1.807) is 12.1 Å². The van der Waals surface area contributed by atoms with E-state index in [0.717, 1.165) is 3.57 Å². The molecule has 0 aliphatic heterocycles. The number of nitrogens with one attached hydrogen (secondary N) is 2. The second-order valence-corrected chi connectivity index (χ2v) is 4.33. The molecule has 17 heavy (non-hydrogen) atoms. The van der Waals surface area contributed by atoms with Crippen LogP contribution >= 0.6 is 22.6 Å². The van der Waals surface area contributed by atoms with E-state index < -0.39 is 18.1 Å². The molecule has 0 aliphatic carbocycles. The number of urea groups is 1. The molecule has 0 saturated heterocycles. The molecule has 1 aromatic rings. The number of para-hydroxylation sites is 1. The van der Waals surface area contributed by atoms with Crippen molar-refractivity contribution in [3.63, 3.8) is 0 Å². The largest absolute Gasteiger partial charge is 0.479 e. The van der Waals surface area contributed by atoms with Crippen LogP contribution in [-0.4, -0.2) is 34.9 Å². The molecule has 0 spiro atoms. The van der Waals surface area contributed by atoms with E-state index >= 15 is 0 Å². The molecule has 7 heteroatoms. The molecule has 1 rings (SSSR count). The maximum atomic E-state index is 11.4. The van der Waals surface area contributed by atoms with Gasteiger partial charge in [0.15, 0.2) is 6.10 Å². The third-order valence-electron chi connectivity index (χ3n) is 1.86. The molecule has 1 atom stereocenters. The quantitative estimate of drug-likeness (QED) is 0.606. The molecule has 0 fully saturated rings. The number of halogens is 1. The van der Waals surface area contributed by atoms with Gasteiger partial charge in [-0.25, -0.2) is 9.59 Å². The van der Waals surface area contributed by atoms with E-state index in [0.29, 0.717) is 5.69 Å². The first-order chi connectivity index (χ1) is 8.00. The SMILES string of the molecule is O=C(NC[C@H](O)C(=O)O)Nc1ccccc1I. The lowest BCUT2D eigenvalue weighted by Gasteiger charge is -2.10. The number of hydrogen-bond donors (Lipinski definition) is 4. The molecule has 2 amide bonds. The Hall–Kier alpha value is -1.35. The van der Waals surface area contributed by atoms with Gasteiger partial charge in [-0.05, 0) is 34.7 Å². The third-order valence-corrected chi connectivity index (χ3v) is 2.80. The van der Waals surface area contributed by atoms with E-state index in [9.17, 15) is 9.59 Å². The van der Waals surface area contributed by atoms with Crippen molar-refractivity contribution in [1.29, 1.82) is 0 Å². The predicted octanol–water partition coefficient (Wildman–Crippen LogP) is 0.858. The number of aliphatic hydroxyl groups excluding tert-OH is 1. The number of amides is 2. The van der Waals surface area contributed by atoms with E-state index in [1.165, 1.54) is 0 Å². The summed E-state index contributed by atoms with van der Waals surface area (Å²) in [7, 11) is 0. The molecule has 0 radical (unpaired) electrons. The van der Waals surface area contributed by atoms with Crippen LogP contribution in [-0.2, 0) is 4.79 Å². The summed E-state index contributed by atoms with van der Waals surface area (Å²) in [6.07, 6.45) is -1.60. The minimum Gasteiger partial charge on any atom is -0.479 e. The summed E-state index contributed by atoms with van der Waals surface area (Å²) < 4.78 is 0.860. The summed E-state index contributed by atoms with van der Waals surface area (Å²) in [6.45, 7) is -0.343. The molecule has 0 bridgehead atoms. The van der Waals surface area contributed by atoms with Crippen molar-refractivity contribution >= 4 is 40.3 Å². The van der Waals surface area contributed by atoms with Crippen LogP contribution in [0.4, 0.5) is 10.5 Å². The molecule has 0 unspecified atom stereocenters. The Morgan fingerprint density at radius 2 is 2.00 bits per heavy atom. The highest BCUT2D eigenvalue weighted by atomic mass is 127. The lowest BCUT2D eigenvalue weighted by molar-refractivity contribution is -0.146. The fourth-order valence-corrected chi connectivity index (χ4v) is 1.53. The molecular weight excluding hydrogens is 339 g/mol. The van der Waals surface area contributed by atoms with Crippen LogP contribution in [0.5, 0.6) is 0 Å². The molecular formula is C10H11IN2O4. The zero-order chi connectivity index (χ0) is 12.8. The first kappa shape index (κ1) is 13.7. The van der Waals surface area contributed by atoms with Gasteiger partial charge < -0.3 is 20.8 Å². The number of aliphatic hydroxyl groups is 1. The number of carboxylic acids is 1. The summed E-state index contributed by atoms with van der Waals surface area (Å²) >= 11 is 2.06. The third kappa shape index (κ3) is 4.57. The van der Waals surface area contributed by atoms with Gasteiger partial charge in [-0.3, -0.25) is 0 Å². The molecule has 1 aromatic carbocycles. The smallest absolute Gasteiger partial charge is 0.334 e. The maximum absolute atomic E-state index is 11.4. The maximum Gasteiger partial charge on any atom is 0.334 e. The van der Waals surface area contributed by atoms with Gasteiger partial charge in [-0.15, -0.1) is 0 Å². The minimum atomic E-state index is -1.60. The van der Waals surface area contributed by atoms with Gasteiger partial charge in [-0.2, -0.15) is 0 Å². The first-order valence-electron chi connectivity index (χ1n) is 4.71. The van der Waals surface area contributed by atoms with Gasteiger partial charge >= 0.3 is 12.0 Å². The molecule has 0 aromatic heterocycles. The molecule has 4 N–H and O–H groups in total. The Bertz CT molecular complexity index is 425. The number of hydrogen-bond acceptors (Lipinski definition) is 3. The van der Waals surface area contributed by atoms with Gasteiger partial charge in [0.05, 0.1) is 12.2 Å². The average Bonchev–Trinajstić information content (AvgIpc) is 2.29. The van der Waals surface area contributed by atoms with Crippen LogP contribution in [0.15, 0.2) is 24.3 Å². The Morgan fingerprint density at radius 1 is 1.35 bits per heavy atom. The molecule has 0 aliphatic rings. The monoisotopic (exact) mass is 350 g/mol. The van der Waals surface area contributed by atoms with Crippen molar-refractivity contribution in [1.82, 2.24) is 5.32 Å². The summed E-state index contributed by atoms with van der Waals surface area (Å²) in [5.74, 6) is -1.38. The standard InChI is InChI=1S/C10H11IN2O4/c11-6-3-1-2-4-7(6)13-10(17)12-5-8(14)9(15)16/h1-4,8,14H,5H2,(H,15,16)(H2,12,13,17)/t8-/m0/s1. The van der Waals surface area contributed by atoms with Crippen LogP contribution in [0.3, 0.4) is 0 Å². The molecule has 6 nitrogen and oxygen atoms in total.